The van der Waals surface area contributed by atoms with Crippen molar-refractivity contribution in [3.63, 3.8) is 0 Å². The summed E-state index contributed by atoms with van der Waals surface area (Å²) >= 11 is 0. The molecule has 0 fully saturated rings. The molecule has 0 aliphatic heterocycles. The van der Waals surface area contributed by atoms with Crippen LogP contribution in [0.3, 0.4) is 0 Å². The Bertz CT molecular complexity index is 3170. The van der Waals surface area contributed by atoms with Gasteiger partial charge in [0.25, 0.3) is 0 Å². The second kappa shape index (κ2) is 20.3. The lowest BCUT2D eigenvalue weighted by Gasteiger charge is -2.42. The molecule has 10 rings (SSSR count). The van der Waals surface area contributed by atoms with Gasteiger partial charge < -0.3 is 0 Å². The number of hydrogen-bond acceptors (Lipinski definition) is 0. The van der Waals surface area contributed by atoms with Crippen molar-refractivity contribution in [3.05, 3.63) is 253 Å². The summed E-state index contributed by atoms with van der Waals surface area (Å²) in [4.78, 5) is 0. The number of allylic oxidation sites excluding steroid dienone is 4. The van der Waals surface area contributed by atoms with Crippen molar-refractivity contribution in [2.75, 3.05) is 0 Å². The summed E-state index contributed by atoms with van der Waals surface area (Å²) in [5, 5.41) is 4.24. The van der Waals surface area contributed by atoms with E-state index in [1.165, 1.54) is 171 Å². The summed E-state index contributed by atoms with van der Waals surface area (Å²) in [6.45, 7) is 36.7. The van der Waals surface area contributed by atoms with E-state index in [9.17, 15) is 0 Å². The molecule has 0 amide bonds. The monoisotopic (exact) mass is 1000 g/mol. The van der Waals surface area contributed by atoms with Crippen LogP contribution in [0.25, 0.3) is 66.8 Å². The zero-order valence-corrected chi connectivity index (χ0v) is 49.2. The highest BCUT2D eigenvalue weighted by Gasteiger charge is 2.51. The van der Waals surface area contributed by atoms with Crippen LogP contribution in [-0.2, 0) is 0 Å². The molecule has 0 atom stereocenters. The van der Waals surface area contributed by atoms with Gasteiger partial charge in [0.2, 0.25) is 0 Å². The third-order valence-electron chi connectivity index (χ3n) is 16.5. The average Bonchev–Trinajstić information content (AvgIpc) is 3.53. The van der Waals surface area contributed by atoms with Gasteiger partial charge in [0.15, 0.2) is 8.07 Å². The van der Waals surface area contributed by atoms with E-state index in [2.05, 4.69) is 275 Å². The van der Waals surface area contributed by atoms with Gasteiger partial charge in [0.05, 0.1) is 0 Å². The maximum atomic E-state index is 2.65. The minimum Gasteiger partial charge on any atom is -0.0647 e. The van der Waals surface area contributed by atoms with Gasteiger partial charge in [0, 0.05) is 5.54 Å². The molecule has 1 aliphatic carbocycles. The Hall–Kier alpha value is -7.32. The van der Waals surface area contributed by atoms with Crippen LogP contribution in [0.5, 0.6) is 0 Å². The summed E-state index contributed by atoms with van der Waals surface area (Å²) in [5.74, 6) is 0. The number of benzene rings is 9. The molecule has 0 bridgehead atoms. The molecule has 0 saturated heterocycles. The van der Waals surface area contributed by atoms with E-state index in [0.717, 1.165) is 0 Å². The first-order chi connectivity index (χ1) is 36.1. The molecule has 0 aromatic heterocycles. The Balaban J connectivity index is 1.49. The van der Waals surface area contributed by atoms with Crippen LogP contribution in [-0.4, -0.2) is 8.07 Å². The van der Waals surface area contributed by atoms with Crippen molar-refractivity contribution < 1.29 is 0 Å². The molecule has 9 aromatic rings. The van der Waals surface area contributed by atoms with E-state index < -0.39 is 8.07 Å². The van der Waals surface area contributed by atoms with Gasteiger partial charge in [-0.2, -0.15) is 0 Å². The second-order valence-corrected chi connectivity index (χ2v) is 27.4. The van der Waals surface area contributed by atoms with Gasteiger partial charge in [-0.1, -0.05) is 224 Å². The van der Waals surface area contributed by atoms with E-state index in [1.54, 1.807) is 0 Å². The molecule has 0 N–H and O–H groups in total. The molecule has 9 aromatic carbocycles. The van der Waals surface area contributed by atoms with E-state index in [-0.39, 0.29) is 5.54 Å². The lowest BCUT2D eigenvalue weighted by atomic mass is 9.95. The zero-order valence-electron chi connectivity index (χ0n) is 48.2. The van der Waals surface area contributed by atoms with Gasteiger partial charge in [-0.15, -0.1) is 0 Å². The van der Waals surface area contributed by atoms with Crippen LogP contribution in [0.2, 0.25) is 5.54 Å². The standard InChI is InChI=1S/C75H76Si/c1-44-17-45(2)24-60(23-44)66-35-67(61-25-46(3)18-47(4)26-61)39-72(38-66)76(75-58(15)56(13)57(14)59(75)16,73-40-68(62-27-48(5)19-49(6)28-62)36-69(41-73)63-29-50(7)20-51(8)30-63)74-42-70(64-31-52(9)21-53(10)32-64)37-71(43-74)65-33-54(11)22-55(12)34-65/h17-43,75H,1-16H3. The Kier molecular flexibility index (Phi) is 13.9. The summed E-state index contributed by atoms with van der Waals surface area (Å²) in [5.41, 5.74) is 36.2. The molecule has 0 nitrogen and oxygen atoms in total. The van der Waals surface area contributed by atoms with Crippen LogP contribution >= 0.6 is 0 Å². The van der Waals surface area contributed by atoms with Crippen molar-refractivity contribution in [1.82, 2.24) is 0 Å². The number of aryl methyl sites for hydroxylation is 12. The molecule has 0 saturated carbocycles. The van der Waals surface area contributed by atoms with Crippen molar-refractivity contribution in [3.8, 4) is 66.8 Å². The van der Waals surface area contributed by atoms with E-state index in [4.69, 9.17) is 0 Å². The maximum absolute atomic E-state index is 3.47. The van der Waals surface area contributed by atoms with Crippen molar-refractivity contribution in [1.29, 1.82) is 0 Å². The first-order valence-corrected chi connectivity index (χ1v) is 29.5. The fraction of sp³-hybridized carbons (Fsp3) is 0.227. The number of hydrogen-bond donors (Lipinski definition) is 0. The van der Waals surface area contributed by atoms with Crippen LogP contribution < -0.4 is 15.6 Å². The fourth-order valence-electron chi connectivity index (χ4n) is 13.4. The van der Waals surface area contributed by atoms with Crippen molar-refractivity contribution in [2.45, 2.75) is 116 Å². The van der Waals surface area contributed by atoms with E-state index in [0.29, 0.717) is 0 Å². The van der Waals surface area contributed by atoms with Crippen molar-refractivity contribution >= 4 is 23.6 Å². The summed E-state index contributed by atoms with van der Waals surface area (Å²) in [7, 11) is -3.47. The van der Waals surface area contributed by atoms with Crippen LogP contribution in [0.4, 0.5) is 0 Å². The first kappa shape index (κ1) is 52.1. The molecule has 0 radical (unpaired) electrons. The molecule has 1 aliphatic rings. The van der Waals surface area contributed by atoms with Crippen LogP contribution in [0.1, 0.15) is 94.5 Å². The highest BCUT2D eigenvalue weighted by Crippen LogP contribution is 2.48. The highest BCUT2D eigenvalue weighted by molar-refractivity contribution is 7.13. The molecule has 1 heteroatoms. The van der Waals surface area contributed by atoms with E-state index in [1.807, 2.05) is 0 Å². The highest BCUT2D eigenvalue weighted by atomic mass is 28.3. The Morgan fingerprint density at radius 2 is 0.329 bits per heavy atom. The maximum Gasteiger partial charge on any atom is 0.159 e. The van der Waals surface area contributed by atoms with Gasteiger partial charge in [0.1, 0.15) is 0 Å². The first-order valence-electron chi connectivity index (χ1n) is 27.5. The summed E-state index contributed by atoms with van der Waals surface area (Å²) in [6, 6.07) is 66.0. The third-order valence-corrected chi connectivity index (χ3v) is 21.9. The van der Waals surface area contributed by atoms with Gasteiger partial charge in [-0.05, 0) is 222 Å². The number of rotatable bonds is 10. The Labute approximate surface area is 457 Å². The smallest absolute Gasteiger partial charge is 0.0647 e. The molecule has 0 spiro atoms. The van der Waals surface area contributed by atoms with Gasteiger partial charge in [-0.25, -0.2) is 0 Å². The molecule has 0 unspecified atom stereocenters. The molecular weight excluding hydrogens is 929 g/mol. The Morgan fingerprint density at radius 3 is 0.487 bits per heavy atom. The quantitative estimate of drug-likeness (QED) is 0.0946. The minimum atomic E-state index is -3.47. The third kappa shape index (κ3) is 10.1. The molecule has 0 heterocycles. The predicted molar refractivity (Wildman–Crippen MR) is 334 cm³/mol. The van der Waals surface area contributed by atoms with Crippen LogP contribution in [0.15, 0.2) is 186 Å². The van der Waals surface area contributed by atoms with Gasteiger partial charge >= 0.3 is 0 Å². The molecule has 380 valence electrons. The molecular formula is C75H76Si. The summed E-state index contributed by atoms with van der Waals surface area (Å²) in [6.07, 6.45) is 0. The zero-order chi connectivity index (χ0) is 54.1. The Morgan fingerprint density at radius 1 is 0.184 bits per heavy atom. The largest absolute Gasteiger partial charge is 0.159 e. The van der Waals surface area contributed by atoms with Crippen LogP contribution in [0, 0.1) is 83.1 Å². The normalized spacial score (nSPS) is 13.1. The molecule has 76 heavy (non-hydrogen) atoms. The second-order valence-electron chi connectivity index (χ2n) is 23.5. The topological polar surface area (TPSA) is 0 Å². The van der Waals surface area contributed by atoms with Gasteiger partial charge in [-0.3, -0.25) is 0 Å². The predicted octanol–water partition coefficient (Wildman–Crippen LogP) is 18.9. The lowest BCUT2D eigenvalue weighted by molar-refractivity contribution is 1.09. The van der Waals surface area contributed by atoms with E-state index >= 15 is 0 Å². The minimum absolute atomic E-state index is 0.0947. The lowest BCUT2D eigenvalue weighted by Crippen LogP contribution is -2.70. The summed E-state index contributed by atoms with van der Waals surface area (Å²) < 4.78 is 0. The average molecular weight is 1010 g/mol. The van der Waals surface area contributed by atoms with Crippen molar-refractivity contribution in [2.24, 2.45) is 0 Å². The SMILES string of the molecule is CC1=C(C)C([Si](c2cc(-c3cc(C)cc(C)c3)cc(-c3cc(C)cc(C)c3)c2)(c2cc(-c3cc(C)cc(C)c3)cc(-c3cc(C)cc(C)c3)c2)c2cc(-c3cc(C)cc(C)c3)cc(-c3cc(C)cc(C)c3)c2)C(C)=C1C. The fourth-order valence-corrected chi connectivity index (χ4v) is 19.4.